The van der Waals surface area contributed by atoms with Crippen molar-refractivity contribution in [1.29, 1.82) is 0 Å². The van der Waals surface area contributed by atoms with Crippen LogP contribution < -0.4 is 0 Å². The summed E-state index contributed by atoms with van der Waals surface area (Å²) in [5.41, 5.74) is -0.389. The fraction of sp³-hybridized carbons (Fsp3) is 1.00. The van der Waals surface area contributed by atoms with Gasteiger partial charge in [0.15, 0.2) is 0 Å². The zero-order valence-corrected chi connectivity index (χ0v) is 11.7. The summed E-state index contributed by atoms with van der Waals surface area (Å²) in [5.74, 6) is 0.667. The van der Waals surface area contributed by atoms with Crippen molar-refractivity contribution in [2.45, 2.75) is 6.10 Å². The zero-order valence-electron chi connectivity index (χ0n) is 7.76. The summed E-state index contributed by atoms with van der Waals surface area (Å²) < 4.78 is 4.73. The highest BCUT2D eigenvalue weighted by atomic mass is 79.9. The highest BCUT2D eigenvalue weighted by Crippen LogP contribution is 2.20. The third kappa shape index (κ3) is 5.88. The number of ether oxygens (including phenoxy) is 1. The summed E-state index contributed by atoms with van der Waals surface area (Å²) >= 11 is 11.7. The molecule has 1 heterocycles. The van der Waals surface area contributed by atoms with Gasteiger partial charge in [-0.25, -0.2) is 0 Å². The van der Waals surface area contributed by atoms with Gasteiger partial charge in [0.05, 0.1) is 31.8 Å². The molecule has 0 aromatic rings. The predicted molar refractivity (Wildman–Crippen MR) is 64.7 cm³/mol. The van der Waals surface area contributed by atoms with Crippen molar-refractivity contribution >= 4 is 43.5 Å². The monoisotopic (exact) mass is 352 g/mol. The Morgan fingerprint density at radius 2 is 1.71 bits per heavy atom. The van der Waals surface area contributed by atoms with Crippen molar-refractivity contribution in [2.75, 3.05) is 36.4 Å². The van der Waals surface area contributed by atoms with Gasteiger partial charge in [-0.1, -0.05) is 31.9 Å². The molecule has 1 fully saturated rings. The van der Waals surface area contributed by atoms with E-state index in [1.807, 2.05) is 0 Å². The largest absolute Gasteiger partial charge is 0.396 e. The summed E-state index contributed by atoms with van der Waals surface area (Å²) in [5, 5.41) is 18.7. The predicted octanol–water partition coefficient (Wildman–Crippen LogP) is 1.37. The molecule has 2 N–H and O–H groups in total. The van der Waals surface area contributed by atoms with Crippen LogP contribution >= 0.6 is 43.5 Å². The first-order chi connectivity index (χ1) is 6.67. The second-order valence-electron chi connectivity index (χ2n) is 3.19. The summed E-state index contributed by atoms with van der Waals surface area (Å²) in [4.78, 5) is 0. The minimum atomic E-state index is -0.389. The Balaban J connectivity index is 0.000000280. The van der Waals surface area contributed by atoms with E-state index in [4.69, 9.17) is 26.6 Å². The van der Waals surface area contributed by atoms with Crippen molar-refractivity contribution in [3.8, 4) is 0 Å². The molecule has 6 heteroatoms. The van der Waals surface area contributed by atoms with Gasteiger partial charge in [-0.05, 0) is 0 Å². The van der Waals surface area contributed by atoms with E-state index < -0.39 is 0 Å². The molecule has 1 rings (SSSR count). The van der Waals surface area contributed by atoms with Gasteiger partial charge in [-0.2, -0.15) is 0 Å². The Bertz CT molecular complexity index is 123. The Kier molecular flexibility index (Phi) is 8.97. The van der Waals surface area contributed by atoms with Crippen molar-refractivity contribution < 1.29 is 14.9 Å². The van der Waals surface area contributed by atoms with Crippen molar-refractivity contribution in [1.82, 2.24) is 0 Å². The minimum absolute atomic E-state index is 0. The SMILES string of the molecule is ClCC1CO1.OCC(CO)(CBr)CBr. The maximum Gasteiger partial charge on any atom is 0.0944 e. The topological polar surface area (TPSA) is 53.0 Å². The molecular formula is C8H15Br2ClO3. The van der Waals surface area contributed by atoms with E-state index in [1.165, 1.54) is 0 Å². The summed E-state index contributed by atoms with van der Waals surface area (Å²) in [7, 11) is 0. The molecule has 0 amide bonds. The van der Waals surface area contributed by atoms with E-state index in [9.17, 15) is 0 Å². The average molecular weight is 354 g/mol. The van der Waals surface area contributed by atoms with Crippen LogP contribution in [-0.4, -0.2) is 52.7 Å². The highest BCUT2D eigenvalue weighted by molar-refractivity contribution is 9.09. The van der Waals surface area contributed by atoms with E-state index in [0.717, 1.165) is 6.61 Å². The molecule has 0 saturated carbocycles. The first-order valence-electron chi connectivity index (χ1n) is 4.19. The number of epoxide rings is 1. The molecule has 1 aliphatic heterocycles. The molecule has 0 aromatic carbocycles. The van der Waals surface area contributed by atoms with Crippen LogP contribution in [0, 0.1) is 5.41 Å². The Morgan fingerprint density at radius 1 is 1.29 bits per heavy atom. The fourth-order valence-electron chi connectivity index (χ4n) is 0.412. The van der Waals surface area contributed by atoms with E-state index >= 15 is 0 Å². The molecule has 0 aromatic heterocycles. The number of aliphatic hydroxyl groups excluding tert-OH is 2. The lowest BCUT2D eigenvalue weighted by molar-refractivity contribution is 0.0952. The van der Waals surface area contributed by atoms with Gasteiger partial charge < -0.3 is 14.9 Å². The van der Waals surface area contributed by atoms with E-state index in [2.05, 4.69) is 31.9 Å². The van der Waals surface area contributed by atoms with Crippen molar-refractivity contribution in [3.05, 3.63) is 0 Å². The quantitative estimate of drug-likeness (QED) is 0.579. The Morgan fingerprint density at radius 3 is 1.71 bits per heavy atom. The molecule has 1 saturated heterocycles. The van der Waals surface area contributed by atoms with Gasteiger partial charge in [-0.15, -0.1) is 11.6 Å². The summed E-state index contributed by atoms with van der Waals surface area (Å²) in [6.07, 6.45) is 0.400. The van der Waals surface area contributed by atoms with E-state index in [0.29, 0.717) is 22.6 Å². The second-order valence-corrected chi connectivity index (χ2v) is 4.62. The van der Waals surface area contributed by atoms with Crippen LogP contribution in [-0.2, 0) is 4.74 Å². The Labute approximate surface area is 106 Å². The van der Waals surface area contributed by atoms with E-state index in [1.54, 1.807) is 0 Å². The number of aliphatic hydroxyl groups is 2. The van der Waals surface area contributed by atoms with Crippen LogP contribution in [0.15, 0.2) is 0 Å². The number of rotatable bonds is 5. The lowest BCUT2D eigenvalue weighted by Crippen LogP contribution is -2.33. The number of halogens is 3. The van der Waals surface area contributed by atoms with E-state index in [-0.39, 0.29) is 18.6 Å². The number of hydrogen-bond acceptors (Lipinski definition) is 3. The molecular weight excluding hydrogens is 339 g/mol. The molecule has 0 aliphatic carbocycles. The Hall–Kier alpha value is 1.13. The molecule has 0 spiro atoms. The van der Waals surface area contributed by atoms with Gasteiger partial charge in [0.25, 0.3) is 0 Å². The van der Waals surface area contributed by atoms with Gasteiger partial charge in [0, 0.05) is 16.1 Å². The molecule has 1 unspecified atom stereocenters. The lowest BCUT2D eigenvalue weighted by atomic mass is 9.97. The third-order valence-electron chi connectivity index (χ3n) is 1.81. The standard InChI is InChI=1S/C5H10Br2O2.C3H5ClO/c6-1-5(2-7,3-8)4-9;4-1-3-2-5-3/h8-9H,1-4H2;3H,1-2H2. The normalized spacial score (nSPS) is 19.9. The van der Waals surface area contributed by atoms with Crippen LogP contribution in [0.1, 0.15) is 0 Å². The highest BCUT2D eigenvalue weighted by Gasteiger charge is 2.25. The summed E-state index contributed by atoms with van der Waals surface area (Å²) in [6, 6.07) is 0. The van der Waals surface area contributed by atoms with Crippen molar-refractivity contribution in [2.24, 2.45) is 5.41 Å². The number of alkyl halides is 3. The van der Waals surface area contributed by atoms with Crippen LogP contribution in [0.2, 0.25) is 0 Å². The molecule has 3 nitrogen and oxygen atoms in total. The van der Waals surface area contributed by atoms with Crippen LogP contribution in [0.3, 0.4) is 0 Å². The summed E-state index contributed by atoms with van der Waals surface area (Å²) in [6.45, 7) is 0.878. The van der Waals surface area contributed by atoms with Crippen molar-refractivity contribution in [3.63, 3.8) is 0 Å². The maximum absolute atomic E-state index is 8.76. The van der Waals surface area contributed by atoms with Crippen LogP contribution in [0.25, 0.3) is 0 Å². The van der Waals surface area contributed by atoms with Gasteiger partial charge in [0.2, 0.25) is 0 Å². The lowest BCUT2D eigenvalue weighted by Gasteiger charge is -2.23. The maximum atomic E-state index is 8.76. The van der Waals surface area contributed by atoms with Gasteiger partial charge >= 0.3 is 0 Å². The smallest absolute Gasteiger partial charge is 0.0944 e. The minimum Gasteiger partial charge on any atom is -0.396 e. The van der Waals surface area contributed by atoms with Crippen LogP contribution in [0.4, 0.5) is 0 Å². The van der Waals surface area contributed by atoms with Gasteiger partial charge in [-0.3, -0.25) is 0 Å². The first kappa shape index (κ1) is 15.1. The molecule has 0 radical (unpaired) electrons. The molecule has 1 atom stereocenters. The molecule has 0 bridgehead atoms. The first-order valence-corrected chi connectivity index (χ1v) is 6.97. The molecule has 86 valence electrons. The second kappa shape index (κ2) is 8.30. The average Bonchev–Trinajstić information content (AvgIpc) is 3.06. The zero-order chi connectivity index (χ0) is 11.0. The molecule has 1 aliphatic rings. The number of hydrogen-bond donors (Lipinski definition) is 2. The third-order valence-corrected chi connectivity index (χ3v) is 4.54. The fourth-order valence-corrected chi connectivity index (χ4v) is 2.23. The van der Waals surface area contributed by atoms with Crippen LogP contribution in [0.5, 0.6) is 0 Å². The molecule has 14 heavy (non-hydrogen) atoms. The van der Waals surface area contributed by atoms with Gasteiger partial charge in [0.1, 0.15) is 0 Å².